The maximum absolute atomic E-state index is 13.3. The van der Waals surface area contributed by atoms with Gasteiger partial charge in [-0.25, -0.2) is 9.18 Å². The number of nitrogen functional groups attached to an aromatic ring is 1. The van der Waals surface area contributed by atoms with E-state index in [1.54, 1.807) is 12.3 Å². The van der Waals surface area contributed by atoms with Crippen LogP contribution in [-0.4, -0.2) is 22.7 Å². The molecule has 0 unspecified atom stereocenters. The third-order valence-corrected chi connectivity index (χ3v) is 2.71. The molecule has 1 heterocycles. The Morgan fingerprint density at radius 2 is 2.15 bits per heavy atom. The van der Waals surface area contributed by atoms with Gasteiger partial charge in [-0.2, -0.15) is 0 Å². The second-order valence-electron chi connectivity index (χ2n) is 4.06. The first-order valence-corrected chi connectivity index (χ1v) is 5.93. The van der Waals surface area contributed by atoms with Crippen LogP contribution in [0.2, 0.25) is 0 Å². The lowest BCUT2D eigenvalue weighted by Gasteiger charge is -2.11. The van der Waals surface area contributed by atoms with Crippen molar-refractivity contribution in [2.75, 3.05) is 12.3 Å². The Balaban J connectivity index is 2.10. The van der Waals surface area contributed by atoms with E-state index in [0.717, 1.165) is 11.8 Å². The molecule has 5 nitrogen and oxygen atoms in total. The number of pyridine rings is 1. The molecular weight excluding hydrogens is 263 g/mol. The highest BCUT2D eigenvalue weighted by atomic mass is 19.1. The van der Waals surface area contributed by atoms with Crippen molar-refractivity contribution in [1.29, 1.82) is 0 Å². The highest BCUT2D eigenvalue weighted by Gasteiger charge is 2.18. The standard InChI is InChI=1S/C14H13FN2O3/c15-10-4-5-11(12(13(10)16)14(18)19)20-8-6-9-3-1-2-7-17-9/h1-5,7H,6,8,16H2,(H,18,19). The molecule has 6 heteroatoms. The number of hydrogen-bond acceptors (Lipinski definition) is 4. The maximum atomic E-state index is 13.3. The number of nitrogens with two attached hydrogens (primary N) is 1. The Labute approximate surface area is 114 Å². The van der Waals surface area contributed by atoms with Crippen molar-refractivity contribution in [3.05, 3.63) is 53.6 Å². The summed E-state index contributed by atoms with van der Waals surface area (Å²) in [5.41, 5.74) is 5.46. The molecule has 0 saturated carbocycles. The Hall–Kier alpha value is -2.63. The molecule has 2 rings (SSSR count). The topological polar surface area (TPSA) is 85.4 Å². The van der Waals surface area contributed by atoms with Crippen LogP contribution in [0.5, 0.6) is 5.75 Å². The van der Waals surface area contributed by atoms with Gasteiger partial charge in [-0.05, 0) is 24.3 Å². The van der Waals surface area contributed by atoms with Gasteiger partial charge in [-0.15, -0.1) is 0 Å². The highest BCUT2D eigenvalue weighted by Crippen LogP contribution is 2.27. The molecule has 20 heavy (non-hydrogen) atoms. The zero-order chi connectivity index (χ0) is 14.5. The van der Waals surface area contributed by atoms with Crippen molar-refractivity contribution in [2.24, 2.45) is 0 Å². The number of benzene rings is 1. The molecule has 2 aromatic rings. The highest BCUT2D eigenvalue weighted by molar-refractivity contribution is 5.96. The monoisotopic (exact) mass is 276 g/mol. The van der Waals surface area contributed by atoms with Crippen molar-refractivity contribution in [3.8, 4) is 5.75 Å². The average Bonchev–Trinajstić information content (AvgIpc) is 2.43. The number of aromatic nitrogens is 1. The van der Waals surface area contributed by atoms with Crippen LogP contribution in [0.3, 0.4) is 0 Å². The van der Waals surface area contributed by atoms with Gasteiger partial charge < -0.3 is 15.6 Å². The van der Waals surface area contributed by atoms with Gasteiger partial charge in [0, 0.05) is 18.3 Å². The molecule has 0 radical (unpaired) electrons. The van der Waals surface area contributed by atoms with Gasteiger partial charge in [0.1, 0.15) is 17.1 Å². The summed E-state index contributed by atoms with van der Waals surface area (Å²) in [5.74, 6) is -2.05. The van der Waals surface area contributed by atoms with E-state index < -0.39 is 17.5 Å². The van der Waals surface area contributed by atoms with Gasteiger partial charge in [0.25, 0.3) is 0 Å². The number of hydrogen-bond donors (Lipinski definition) is 2. The summed E-state index contributed by atoms with van der Waals surface area (Å²) >= 11 is 0. The molecule has 104 valence electrons. The fourth-order valence-corrected chi connectivity index (χ4v) is 1.73. The van der Waals surface area contributed by atoms with E-state index in [-0.39, 0.29) is 17.9 Å². The molecule has 0 saturated heterocycles. The van der Waals surface area contributed by atoms with E-state index in [1.165, 1.54) is 6.07 Å². The van der Waals surface area contributed by atoms with Crippen LogP contribution in [-0.2, 0) is 6.42 Å². The number of carbonyl (C=O) groups is 1. The summed E-state index contributed by atoms with van der Waals surface area (Å²) in [6, 6.07) is 7.82. The van der Waals surface area contributed by atoms with E-state index in [0.29, 0.717) is 6.42 Å². The maximum Gasteiger partial charge on any atom is 0.341 e. The lowest BCUT2D eigenvalue weighted by molar-refractivity contribution is 0.0693. The second-order valence-corrected chi connectivity index (χ2v) is 4.06. The average molecular weight is 276 g/mol. The molecule has 1 aromatic heterocycles. The fraction of sp³-hybridized carbons (Fsp3) is 0.143. The molecule has 0 aliphatic carbocycles. The largest absolute Gasteiger partial charge is 0.492 e. The van der Waals surface area contributed by atoms with E-state index >= 15 is 0 Å². The van der Waals surface area contributed by atoms with Crippen molar-refractivity contribution < 1.29 is 19.0 Å². The number of halogens is 1. The number of carboxylic acids is 1. The number of carboxylic acid groups (broad SMARTS) is 1. The minimum Gasteiger partial charge on any atom is -0.492 e. The van der Waals surface area contributed by atoms with Crippen LogP contribution >= 0.6 is 0 Å². The molecule has 3 N–H and O–H groups in total. The molecule has 0 spiro atoms. The molecule has 0 fully saturated rings. The smallest absolute Gasteiger partial charge is 0.341 e. The molecule has 0 aliphatic rings. The first kappa shape index (κ1) is 13.8. The van der Waals surface area contributed by atoms with Gasteiger partial charge in [0.05, 0.1) is 12.3 Å². The lowest BCUT2D eigenvalue weighted by atomic mass is 10.1. The molecule has 0 bridgehead atoms. The fourth-order valence-electron chi connectivity index (χ4n) is 1.73. The quantitative estimate of drug-likeness (QED) is 0.817. The number of ether oxygens (including phenoxy) is 1. The predicted molar refractivity (Wildman–Crippen MR) is 71.2 cm³/mol. The summed E-state index contributed by atoms with van der Waals surface area (Å²) in [6.07, 6.45) is 2.17. The molecule has 0 aliphatic heterocycles. The van der Waals surface area contributed by atoms with Gasteiger partial charge >= 0.3 is 5.97 Å². The summed E-state index contributed by atoms with van der Waals surface area (Å²) in [5, 5.41) is 9.05. The van der Waals surface area contributed by atoms with Crippen LogP contribution in [0.25, 0.3) is 0 Å². The zero-order valence-corrected chi connectivity index (χ0v) is 10.5. The predicted octanol–water partition coefficient (Wildman–Crippen LogP) is 2.12. The normalized spacial score (nSPS) is 10.2. The lowest BCUT2D eigenvalue weighted by Crippen LogP contribution is -2.10. The Kier molecular flexibility index (Phi) is 4.14. The minimum absolute atomic E-state index is 0.0485. The molecule has 0 atom stereocenters. The third kappa shape index (κ3) is 3.03. The Morgan fingerprint density at radius 3 is 2.80 bits per heavy atom. The van der Waals surface area contributed by atoms with Crippen LogP contribution in [0.1, 0.15) is 16.1 Å². The van der Waals surface area contributed by atoms with Crippen molar-refractivity contribution in [1.82, 2.24) is 4.98 Å². The van der Waals surface area contributed by atoms with Crippen molar-refractivity contribution >= 4 is 11.7 Å². The Morgan fingerprint density at radius 1 is 1.35 bits per heavy atom. The van der Waals surface area contributed by atoms with Gasteiger partial charge in [0.2, 0.25) is 0 Å². The van der Waals surface area contributed by atoms with Gasteiger partial charge in [0.15, 0.2) is 0 Å². The summed E-state index contributed by atoms with van der Waals surface area (Å²) in [4.78, 5) is 15.2. The number of rotatable bonds is 5. The first-order valence-electron chi connectivity index (χ1n) is 5.93. The van der Waals surface area contributed by atoms with Crippen LogP contribution in [0, 0.1) is 5.82 Å². The SMILES string of the molecule is Nc1c(F)ccc(OCCc2ccccn2)c1C(=O)O. The van der Waals surface area contributed by atoms with E-state index in [4.69, 9.17) is 15.6 Å². The first-order chi connectivity index (χ1) is 9.59. The zero-order valence-electron chi connectivity index (χ0n) is 10.5. The van der Waals surface area contributed by atoms with E-state index in [1.807, 2.05) is 12.1 Å². The van der Waals surface area contributed by atoms with Crippen LogP contribution in [0.4, 0.5) is 10.1 Å². The number of aromatic carboxylic acids is 1. The molecule has 0 amide bonds. The van der Waals surface area contributed by atoms with Gasteiger partial charge in [-0.1, -0.05) is 6.07 Å². The summed E-state index contributed by atoms with van der Waals surface area (Å²) in [7, 11) is 0. The second kappa shape index (κ2) is 6.01. The molecular formula is C14H13FN2O3. The Bertz CT molecular complexity index is 617. The van der Waals surface area contributed by atoms with Crippen LogP contribution in [0.15, 0.2) is 36.5 Å². The summed E-state index contributed by atoms with van der Waals surface area (Å²) in [6.45, 7) is 0.225. The van der Waals surface area contributed by atoms with E-state index in [9.17, 15) is 9.18 Å². The third-order valence-electron chi connectivity index (χ3n) is 2.71. The minimum atomic E-state index is -1.32. The van der Waals surface area contributed by atoms with E-state index in [2.05, 4.69) is 4.98 Å². The summed E-state index contributed by atoms with van der Waals surface area (Å²) < 4.78 is 18.6. The van der Waals surface area contributed by atoms with Crippen LogP contribution < -0.4 is 10.5 Å². The number of nitrogens with zero attached hydrogens (tertiary/aromatic N) is 1. The number of anilines is 1. The van der Waals surface area contributed by atoms with Crippen molar-refractivity contribution in [2.45, 2.75) is 6.42 Å². The molecule has 1 aromatic carbocycles. The van der Waals surface area contributed by atoms with Crippen molar-refractivity contribution in [3.63, 3.8) is 0 Å². The van der Waals surface area contributed by atoms with Gasteiger partial charge in [-0.3, -0.25) is 4.98 Å².